The molecule has 0 saturated carbocycles. The molecular formula is C27H36N4O4. The van der Waals surface area contributed by atoms with Crippen LogP contribution in [0.15, 0.2) is 53.3 Å². The number of amides is 2. The molecule has 3 aromatic rings. The second-order valence-corrected chi connectivity index (χ2v) is 8.90. The summed E-state index contributed by atoms with van der Waals surface area (Å²) in [6, 6.07) is 13.9. The van der Waals surface area contributed by atoms with Gasteiger partial charge in [0, 0.05) is 19.3 Å². The Hall–Kier alpha value is -3.39. The number of para-hydroxylation sites is 1. The molecular weight excluding hydrogens is 444 g/mol. The Kier molecular flexibility index (Phi) is 9.25. The van der Waals surface area contributed by atoms with E-state index in [0.717, 1.165) is 6.42 Å². The number of carbonyl (C=O) groups is 1. The number of carbonyl (C=O) groups excluding carboxylic acids is 1. The highest BCUT2D eigenvalue weighted by atomic mass is 16.5. The molecule has 8 nitrogen and oxygen atoms in total. The van der Waals surface area contributed by atoms with E-state index in [0.29, 0.717) is 60.2 Å². The van der Waals surface area contributed by atoms with Crippen LogP contribution in [0.2, 0.25) is 0 Å². The van der Waals surface area contributed by atoms with E-state index in [9.17, 15) is 9.59 Å². The number of ether oxygens (including phenoxy) is 2. The maximum atomic E-state index is 13.6. The van der Waals surface area contributed by atoms with Crippen LogP contribution < -0.4 is 15.6 Å². The Balaban J connectivity index is 2.04. The monoisotopic (exact) mass is 480 g/mol. The molecule has 3 rings (SSSR count). The van der Waals surface area contributed by atoms with Gasteiger partial charge in [-0.05, 0) is 55.2 Å². The Labute approximate surface area is 206 Å². The molecule has 8 heteroatoms. The molecule has 2 amide bonds. The first kappa shape index (κ1) is 26.2. The summed E-state index contributed by atoms with van der Waals surface area (Å²) in [5, 5.41) is 3.56. The number of aromatic nitrogens is 2. The Morgan fingerprint density at radius 3 is 2.46 bits per heavy atom. The van der Waals surface area contributed by atoms with E-state index in [1.807, 2.05) is 25.1 Å². The molecule has 188 valence electrons. The highest BCUT2D eigenvalue weighted by Gasteiger charge is 2.28. The molecule has 0 saturated heterocycles. The van der Waals surface area contributed by atoms with Crippen molar-refractivity contribution >= 4 is 22.6 Å². The summed E-state index contributed by atoms with van der Waals surface area (Å²) in [6.07, 6.45) is 1.42. The maximum absolute atomic E-state index is 13.6. The van der Waals surface area contributed by atoms with Crippen molar-refractivity contribution in [3.8, 4) is 5.75 Å². The first-order valence-corrected chi connectivity index (χ1v) is 12.1. The van der Waals surface area contributed by atoms with Gasteiger partial charge in [-0.25, -0.2) is 9.78 Å². The van der Waals surface area contributed by atoms with Crippen LogP contribution in [0.4, 0.5) is 10.5 Å². The first-order chi connectivity index (χ1) is 16.9. The highest BCUT2D eigenvalue weighted by molar-refractivity contribution is 5.89. The minimum atomic E-state index is -0.388. The number of methoxy groups -OCH3 is 2. The number of anilines is 1. The molecule has 1 atom stereocenters. The predicted molar refractivity (Wildman–Crippen MR) is 139 cm³/mol. The van der Waals surface area contributed by atoms with Gasteiger partial charge in [-0.15, -0.1) is 0 Å². The summed E-state index contributed by atoms with van der Waals surface area (Å²) in [5.41, 5.74) is 1.17. The summed E-state index contributed by atoms with van der Waals surface area (Å²) in [6.45, 7) is 7.53. The summed E-state index contributed by atoms with van der Waals surface area (Å²) in [4.78, 5) is 33.7. The zero-order valence-electron chi connectivity index (χ0n) is 21.3. The lowest BCUT2D eigenvalue weighted by Crippen LogP contribution is -2.42. The van der Waals surface area contributed by atoms with E-state index >= 15 is 0 Å². The lowest BCUT2D eigenvalue weighted by molar-refractivity contribution is 0.166. The number of urea groups is 1. The van der Waals surface area contributed by atoms with Gasteiger partial charge >= 0.3 is 6.03 Å². The second kappa shape index (κ2) is 12.4. The topological polar surface area (TPSA) is 85.7 Å². The lowest BCUT2D eigenvalue weighted by atomic mass is 10.1. The van der Waals surface area contributed by atoms with E-state index < -0.39 is 0 Å². The Bertz CT molecular complexity index is 1170. The van der Waals surface area contributed by atoms with Crippen LogP contribution in [-0.2, 0) is 11.3 Å². The van der Waals surface area contributed by atoms with Gasteiger partial charge in [-0.1, -0.05) is 32.9 Å². The van der Waals surface area contributed by atoms with Crippen molar-refractivity contribution in [3.63, 3.8) is 0 Å². The Morgan fingerprint density at radius 1 is 1.11 bits per heavy atom. The lowest BCUT2D eigenvalue weighted by Gasteiger charge is -2.33. The first-order valence-electron chi connectivity index (χ1n) is 12.1. The van der Waals surface area contributed by atoms with Gasteiger partial charge < -0.3 is 19.7 Å². The number of benzene rings is 2. The van der Waals surface area contributed by atoms with Gasteiger partial charge in [0.2, 0.25) is 0 Å². The van der Waals surface area contributed by atoms with Crippen LogP contribution in [0.5, 0.6) is 5.75 Å². The van der Waals surface area contributed by atoms with Crippen LogP contribution >= 0.6 is 0 Å². The summed E-state index contributed by atoms with van der Waals surface area (Å²) >= 11 is 0. The quantitative estimate of drug-likeness (QED) is 0.414. The van der Waals surface area contributed by atoms with E-state index in [2.05, 4.69) is 19.2 Å². The van der Waals surface area contributed by atoms with Gasteiger partial charge in [-0.2, -0.15) is 0 Å². The number of nitrogens with zero attached hydrogens (tertiary/aromatic N) is 3. The van der Waals surface area contributed by atoms with Crippen LogP contribution in [0.25, 0.3) is 10.9 Å². The molecule has 0 bridgehead atoms. The SMILES string of the molecule is CCC(c1nc2ccccc2c(=O)n1CCOC)N(CCC(C)C)C(=O)Nc1ccc(OC)cc1. The van der Waals surface area contributed by atoms with Gasteiger partial charge in [-0.3, -0.25) is 9.36 Å². The molecule has 2 aromatic carbocycles. The highest BCUT2D eigenvalue weighted by Crippen LogP contribution is 2.26. The average molecular weight is 481 g/mol. The molecule has 0 aliphatic carbocycles. The van der Waals surface area contributed by atoms with Crippen LogP contribution in [0.3, 0.4) is 0 Å². The molecule has 0 fully saturated rings. The minimum Gasteiger partial charge on any atom is -0.497 e. The van der Waals surface area contributed by atoms with Crippen molar-refractivity contribution < 1.29 is 14.3 Å². The zero-order chi connectivity index (χ0) is 25.4. The third-order valence-corrected chi connectivity index (χ3v) is 6.02. The van der Waals surface area contributed by atoms with Gasteiger partial charge in [0.25, 0.3) is 5.56 Å². The fraction of sp³-hybridized carbons (Fsp3) is 0.444. The zero-order valence-corrected chi connectivity index (χ0v) is 21.3. The molecule has 0 aliphatic rings. The van der Waals surface area contributed by atoms with Gasteiger partial charge in [0.15, 0.2) is 0 Å². The van der Waals surface area contributed by atoms with E-state index in [1.54, 1.807) is 54.0 Å². The molecule has 1 unspecified atom stereocenters. The fourth-order valence-corrected chi connectivity index (χ4v) is 4.05. The van der Waals surface area contributed by atoms with Crippen molar-refractivity contribution in [1.29, 1.82) is 0 Å². The van der Waals surface area contributed by atoms with Crippen LogP contribution in [-0.4, -0.2) is 47.9 Å². The third-order valence-electron chi connectivity index (χ3n) is 6.02. The molecule has 1 heterocycles. The van der Waals surface area contributed by atoms with E-state index in [-0.39, 0.29) is 17.6 Å². The minimum absolute atomic E-state index is 0.125. The summed E-state index contributed by atoms with van der Waals surface area (Å²) in [7, 11) is 3.21. The number of hydrogen-bond acceptors (Lipinski definition) is 5. The fourth-order valence-electron chi connectivity index (χ4n) is 4.05. The van der Waals surface area contributed by atoms with Crippen molar-refractivity contribution in [2.24, 2.45) is 5.92 Å². The number of fused-ring (bicyclic) bond motifs is 1. The smallest absolute Gasteiger partial charge is 0.322 e. The number of hydrogen-bond donors (Lipinski definition) is 1. The maximum Gasteiger partial charge on any atom is 0.322 e. The number of nitrogens with one attached hydrogen (secondary N) is 1. The van der Waals surface area contributed by atoms with Gasteiger partial charge in [0.1, 0.15) is 11.6 Å². The molecule has 35 heavy (non-hydrogen) atoms. The second-order valence-electron chi connectivity index (χ2n) is 8.90. The molecule has 0 aliphatic heterocycles. The van der Waals surface area contributed by atoms with Crippen molar-refractivity contribution in [1.82, 2.24) is 14.5 Å². The largest absolute Gasteiger partial charge is 0.497 e. The normalized spacial score (nSPS) is 12.1. The number of rotatable bonds is 11. The molecule has 1 N–H and O–H groups in total. The van der Waals surface area contributed by atoms with Crippen molar-refractivity contribution in [2.45, 2.75) is 46.2 Å². The van der Waals surface area contributed by atoms with Crippen molar-refractivity contribution in [2.75, 3.05) is 32.7 Å². The van der Waals surface area contributed by atoms with E-state index in [1.165, 1.54) is 0 Å². The third kappa shape index (κ3) is 6.39. The summed E-state index contributed by atoms with van der Waals surface area (Å²) < 4.78 is 12.1. The van der Waals surface area contributed by atoms with Gasteiger partial charge in [0.05, 0.1) is 37.2 Å². The van der Waals surface area contributed by atoms with Crippen LogP contribution in [0.1, 0.15) is 45.5 Å². The summed E-state index contributed by atoms with van der Waals surface area (Å²) in [5.74, 6) is 1.69. The molecule has 0 radical (unpaired) electrons. The molecule has 1 aromatic heterocycles. The predicted octanol–water partition coefficient (Wildman–Crippen LogP) is 5.08. The molecule has 0 spiro atoms. The van der Waals surface area contributed by atoms with Crippen LogP contribution in [0, 0.1) is 5.92 Å². The van der Waals surface area contributed by atoms with E-state index in [4.69, 9.17) is 14.5 Å². The Morgan fingerprint density at radius 2 is 1.83 bits per heavy atom. The van der Waals surface area contributed by atoms with Crippen molar-refractivity contribution in [3.05, 3.63) is 64.7 Å². The average Bonchev–Trinajstić information content (AvgIpc) is 2.86. The standard InChI is InChI=1S/C27H36N4O4/c1-6-24(25-29-23-10-8-7-9-22(23)26(32)31(25)17-18-34-4)30(16-15-19(2)3)27(33)28-20-11-13-21(35-5)14-12-20/h7-14,19,24H,6,15-18H2,1-5H3,(H,28,33).